The Kier molecular flexibility index (Phi) is 11.0. The van der Waals surface area contributed by atoms with E-state index < -0.39 is 0 Å². The Morgan fingerprint density at radius 3 is 2.42 bits per heavy atom. The number of anilines is 2. The van der Waals surface area contributed by atoms with Gasteiger partial charge in [0.05, 0.1) is 22.6 Å². The molecule has 1 aliphatic carbocycles. The van der Waals surface area contributed by atoms with Crippen molar-refractivity contribution in [2.45, 2.75) is 90.3 Å². The molecule has 2 heterocycles. The van der Waals surface area contributed by atoms with E-state index in [9.17, 15) is 9.59 Å². The maximum atomic E-state index is 14.3. The van der Waals surface area contributed by atoms with Crippen LogP contribution in [0.15, 0.2) is 73.1 Å². The Morgan fingerprint density at radius 1 is 1.00 bits per heavy atom. The molecule has 0 spiro atoms. The topological polar surface area (TPSA) is 109 Å². The third-order valence-corrected chi connectivity index (χ3v) is 9.35. The standard InChI is InChI=1S/C39H51N7O2/c1-7-8-21-44(5)34-19-14-29(23-33(34)42-37(47)30-13-10-20-41-25-30)28-12-9-11-27(22-28)26-46(32-17-15-31(40)16-18-32)38(48)35-24-36(39(2,3)4)43-45(35)6/h9-14,19-20,22-25,31-32H,7-8,15-18,21,26,40H2,1-6H3,(H,42,47). The van der Waals surface area contributed by atoms with Gasteiger partial charge in [0, 0.05) is 57.1 Å². The lowest BCUT2D eigenvalue weighted by molar-refractivity contribution is 0.0595. The van der Waals surface area contributed by atoms with Crippen molar-refractivity contribution in [1.29, 1.82) is 0 Å². The van der Waals surface area contributed by atoms with E-state index in [1.165, 1.54) is 0 Å². The molecular weight excluding hydrogens is 598 g/mol. The van der Waals surface area contributed by atoms with Crippen LogP contribution in [0.5, 0.6) is 0 Å². The predicted octanol–water partition coefficient (Wildman–Crippen LogP) is 7.18. The van der Waals surface area contributed by atoms with Gasteiger partial charge in [-0.05, 0) is 85.2 Å². The summed E-state index contributed by atoms with van der Waals surface area (Å²) in [5.74, 6) is -0.212. The summed E-state index contributed by atoms with van der Waals surface area (Å²) in [5, 5.41) is 7.85. The Bertz CT molecular complexity index is 1700. The molecule has 0 bridgehead atoms. The molecule has 1 fully saturated rings. The first kappa shape index (κ1) is 34.8. The molecule has 0 saturated heterocycles. The number of pyridine rings is 1. The second-order valence-electron chi connectivity index (χ2n) is 14.2. The molecule has 2 amide bonds. The number of aryl methyl sites for hydroxylation is 1. The molecule has 0 aliphatic heterocycles. The van der Waals surface area contributed by atoms with Crippen LogP contribution in [0.25, 0.3) is 11.1 Å². The fourth-order valence-electron chi connectivity index (χ4n) is 6.36. The Morgan fingerprint density at radius 2 is 1.75 bits per heavy atom. The highest BCUT2D eigenvalue weighted by Crippen LogP contribution is 2.33. The zero-order valence-corrected chi connectivity index (χ0v) is 29.4. The highest BCUT2D eigenvalue weighted by atomic mass is 16.2. The van der Waals surface area contributed by atoms with Crippen molar-refractivity contribution < 1.29 is 9.59 Å². The quantitative estimate of drug-likeness (QED) is 0.178. The molecule has 9 nitrogen and oxygen atoms in total. The minimum Gasteiger partial charge on any atom is -0.373 e. The van der Waals surface area contributed by atoms with Crippen molar-refractivity contribution in [3.8, 4) is 11.1 Å². The lowest BCUT2D eigenvalue weighted by Gasteiger charge is -2.36. The summed E-state index contributed by atoms with van der Waals surface area (Å²) in [7, 11) is 3.91. The largest absolute Gasteiger partial charge is 0.373 e. The molecule has 9 heteroatoms. The highest BCUT2D eigenvalue weighted by Gasteiger charge is 2.31. The molecule has 1 aliphatic rings. The SMILES string of the molecule is CCCCN(C)c1ccc(-c2cccc(CN(C(=O)c3cc(C(C)(C)C)nn3C)C3CCC(N)CC3)c2)cc1NC(=O)c1cccnc1. The molecule has 3 N–H and O–H groups in total. The second-order valence-corrected chi connectivity index (χ2v) is 14.2. The van der Waals surface area contributed by atoms with Gasteiger partial charge in [0.15, 0.2) is 0 Å². The van der Waals surface area contributed by atoms with Gasteiger partial charge in [-0.2, -0.15) is 5.10 Å². The normalized spacial score (nSPS) is 16.4. The fraction of sp³-hybridized carbons (Fsp3) is 0.436. The van der Waals surface area contributed by atoms with E-state index in [-0.39, 0.29) is 29.3 Å². The minimum absolute atomic E-state index is 0.00811. The van der Waals surface area contributed by atoms with Gasteiger partial charge >= 0.3 is 0 Å². The number of hydrogen-bond donors (Lipinski definition) is 2. The lowest BCUT2D eigenvalue weighted by atomic mass is 9.90. The number of aromatic nitrogens is 3. The van der Waals surface area contributed by atoms with Crippen LogP contribution in [0.2, 0.25) is 0 Å². The Hall–Kier alpha value is -4.50. The molecule has 4 aromatic rings. The van der Waals surface area contributed by atoms with Gasteiger partial charge in [-0.15, -0.1) is 0 Å². The van der Waals surface area contributed by atoms with E-state index in [1.54, 1.807) is 29.2 Å². The number of benzene rings is 2. The monoisotopic (exact) mass is 649 g/mol. The van der Waals surface area contributed by atoms with Gasteiger partial charge in [0.2, 0.25) is 0 Å². The number of carbonyl (C=O) groups is 2. The average molecular weight is 650 g/mol. The van der Waals surface area contributed by atoms with Crippen LogP contribution in [0.1, 0.15) is 98.3 Å². The van der Waals surface area contributed by atoms with E-state index >= 15 is 0 Å². The fourth-order valence-corrected chi connectivity index (χ4v) is 6.36. The number of amides is 2. The molecule has 1 saturated carbocycles. The minimum atomic E-state index is -0.203. The van der Waals surface area contributed by atoms with Crippen molar-refractivity contribution in [3.63, 3.8) is 0 Å². The summed E-state index contributed by atoms with van der Waals surface area (Å²) in [4.78, 5) is 35.8. The lowest BCUT2D eigenvalue weighted by Crippen LogP contribution is -2.44. The van der Waals surface area contributed by atoms with E-state index in [0.29, 0.717) is 17.8 Å². The molecule has 0 atom stereocenters. The molecule has 48 heavy (non-hydrogen) atoms. The average Bonchev–Trinajstić information content (AvgIpc) is 3.49. The maximum Gasteiger partial charge on any atom is 0.272 e. The number of hydrogen-bond acceptors (Lipinski definition) is 6. The van der Waals surface area contributed by atoms with Crippen molar-refractivity contribution >= 4 is 23.2 Å². The third-order valence-electron chi connectivity index (χ3n) is 9.35. The molecule has 2 aromatic heterocycles. The molecule has 2 aromatic carbocycles. The number of nitrogens with zero attached hydrogens (tertiary/aromatic N) is 5. The Labute approximate surface area is 285 Å². The van der Waals surface area contributed by atoms with Gasteiger partial charge in [0.1, 0.15) is 5.69 Å². The number of nitrogens with two attached hydrogens (primary N) is 1. The summed E-state index contributed by atoms with van der Waals surface area (Å²) in [6.07, 6.45) is 8.93. The molecule has 254 valence electrons. The number of nitrogens with one attached hydrogen (secondary N) is 1. The summed E-state index contributed by atoms with van der Waals surface area (Å²) in [6, 6.07) is 20.3. The van der Waals surface area contributed by atoms with Gasteiger partial charge in [-0.1, -0.05) is 58.4 Å². The maximum absolute atomic E-state index is 14.3. The van der Waals surface area contributed by atoms with Crippen LogP contribution in [0.3, 0.4) is 0 Å². The smallest absolute Gasteiger partial charge is 0.272 e. The van der Waals surface area contributed by atoms with Gasteiger partial charge < -0.3 is 20.9 Å². The van der Waals surface area contributed by atoms with Crippen molar-refractivity contribution in [1.82, 2.24) is 19.7 Å². The first-order valence-electron chi connectivity index (χ1n) is 17.2. The Balaban J connectivity index is 1.46. The van der Waals surface area contributed by atoms with Crippen LogP contribution in [-0.2, 0) is 19.0 Å². The van der Waals surface area contributed by atoms with Crippen LogP contribution >= 0.6 is 0 Å². The second kappa shape index (κ2) is 15.2. The first-order chi connectivity index (χ1) is 22.9. The van der Waals surface area contributed by atoms with E-state index in [2.05, 4.69) is 80.3 Å². The van der Waals surface area contributed by atoms with Gasteiger partial charge in [-0.3, -0.25) is 19.3 Å². The zero-order valence-electron chi connectivity index (χ0n) is 29.4. The van der Waals surface area contributed by atoms with Gasteiger partial charge in [-0.25, -0.2) is 0 Å². The van der Waals surface area contributed by atoms with E-state index in [4.69, 9.17) is 10.8 Å². The summed E-state index contributed by atoms with van der Waals surface area (Å²) in [6.45, 7) is 9.87. The van der Waals surface area contributed by atoms with Crippen LogP contribution < -0.4 is 16.0 Å². The first-order valence-corrected chi connectivity index (χ1v) is 17.2. The molecule has 0 unspecified atom stereocenters. The van der Waals surface area contributed by atoms with E-state index in [0.717, 1.165) is 78.8 Å². The van der Waals surface area contributed by atoms with Crippen LogP contribution in [0, 0.1) is 0 Å². The van der Waals surface area contributed by atoms with Crippen LogP contribution in [-0.4, -0.2) is 57.2 Å². The highest BCUT2D eigenvalue weighted by molar-refractivity contribution is 6.06. The zero-order chi connectivity index (χ0) is 34.4. The predicted molar refractivity (Wildman–Crippen MR) is 194 cm³/mol. The number of unbranched alkanes of at least 4 members (excludes halogenated alkanes) is 1. The number of rotatable bonds is 11. The summed E-state index contributed by atoms with van der Waals surface area (Å²) in [5.41, 5.74) is 12.8. The number of carbonyl (C=O) groups excluding carboxylic acids is 2. The third kappa shape index (κ3) is 8.31. The molecule has 5 rings (SSSR count). The van der Waals surface area contributed by atoms with Crippen LogP contribution in [0.4, 0.5) is 11.4 Å². The summed E-state index contributed by atoms with van der Waals surface area (Å²) >= 11 is 0. The summed E-state index contributed by atoms with van der Waals surface area (Å²) < 4.78 is 1.72. The van der Waals surface area contributed by atoms with E-state index in [1.807, 2.05) is 30.1 Å². The van der Waals surface area contributed by atoms with Crippen molar-refractivity contribution in [2.24, 2.45) is 12.8 Å². The van der Waals surface area contributed by atoms with Crippen molar-refractivity contribution in [2.75, 3.05) is 23.8 Å². The molecule has 0 radical (unpaired) electrons. The van der Waals surface area contributed by atoms with Gasteiger partial charge in [0.25, 0.3) is 11.8 Å². The van der Waals surface area contributed by atoms with Crippen molar-refractivity contribution in [3.05, 3.63) is 95.6 Å². The molecular formula is C39H51N7O2.